The number of carbonyl (C=O) groups is 2. The summed E-state index contributed by atoms with van der Waals surface area (Å²) in [5.41, 5.74) is -0.841. The first kappa shape index (κ1) is 15.6. The number of likely N-dealkylation sites (tertiary alicyclic amines) is 1. The number of ether oxygens (including phenoxy) is 1. The number of alkyl halides is 3. The molecular formula is C11H16F3NO4. The Labute approximate surface area is 108 Å². The number of amides is 1. The van der Waals surface area contributed by atoms with Crippen molar-refractivity contribution in [3.8, 4) is 0 Å². The van der Waals surface area contributed by atoms with Crippen LogP contribution >= 0.6 is 0 Å². The third-order valence-electron chi connectivity index (χ3n) is 2.71. The van der Waals surface area contributed by atoms with Gasteiger partial charge in [-0.1, -0.05) is 0 Å². The molecule has 8 heteroatoms. The van der Waals surface area contributed by atoms with E-state index in [9.17, 15) is 22.8 Å². The van der Waals surface area contributed by atoms with Gasteiger partial charge in [0.15, 0.2) is 0 Å². The molecule has 0 aliphatic carbocycles. The molecule has 1 amide bonds. The first-order valence-corrected chi connectivity index (χ1v) is 5.69. The Morgan fingerprint density at radius 2 is 1.74 bits per heavy atom. The van der Waals surface area contributed by atoms with E-state index in [4.69, 9.17) is 9.84 Å². The van der Waals surface area contributed by atoms with Crippen LogP contribution in [0.3, 0.4) is 0 Å². The average molecular weight is 283 g/mol. The highest BCUT2D eigenvalue weighted by Gasteiger charge is 2.54. The molecule has 0 unspecified atom stereocenters. The third kappa shape index (κ3) is 4.00. The van der Waals surface area contributed by atoms with Crippen LogP contribution in [-0.4, -0.2) is 46.9 Å². The number of rotatable bonds is 1. The van der Waals surface area contributed by atoms with Gasteiger partial charge in [-0.05, 0) is 20.8 Å². The molecule has 19 heavy (non-hydrogen) atoms. The monoisotopic (exact) mass is 283 g/mol. The Morgan fingerprint density at radius 1 is 1.21 bits per heavy atom. The van der Waals surface area contributed by atoms with Crippen molar-refractivity contribution in [2.75, 3.05) is 13.1 Å². The Hall–Kier alpha value is -1.47. The molecular weight excluding hydrogens is 267 g/mol. The van der Waals surface area contributed by atoms with Gasteiger partial charge >= 0.3 is 18.2 Å². The quantitative estimate of drug-likeness (QED) is 0.800. The minimum absolute atomic E-state index is 0.492. The van der Waals surface area contributed by atoms with Crippen LogP contribution in [0.5, 0.6) is 0 Å². The van der Waals surface area contributed by atoms with Gasteiger partial charge in [0.1, 0.15) is 5.60 Å². The van der Waals surface area contributed by atoms with Crippen LogP contribution in [0.2, 0.25) is 0 Å². The van der Waals surface area contributed by atoms with Gasteiger partial charge in [-0.25, -0.2) is 4.79 Å². The van der Waals surface area contributed by atoms with Crippen LogP contribution in [0.25, 0.3) is 0 Å². The topological polar surface area (TPSA) is 66.8 Å². The Morgan fingerprint density at radius 3 is 2.05 bits per heavy atom. The third-order valence-corrected chi connectivity index (χ3v) is 2.71. The molecule has 0 spiro atoms. The smallest absolute Gasteiger partial charge is 0.410 e. The molecule has 110 valence electrons. The summed E-state index contributed by atoms with van der Waals surface area (Å²) in [6.45, 7) is 3.56. The lowest BCUT2D eigenvalue weighted by Gasteiger charge is -2.24. The van der Waals surface area contributed by atoms with Crippen LogP contribution < -0.4 is 0 Å². The summed E-state index contributed by atoms with van der Waals surface area (Å²) in [4.78, 5) is 23.3. The molecule has 1 aliphatic rings. The zero-order valence-electron chi connectivity index (χ0n) is 10.8. The number of carboxylic acid groups (broad SMARTS) is 1. The van der Waals surface area contributed by atoms with Gasteiger partial charge < -0.3 is 14.7 Å². The summed E-state index contributed by atoms with van der Waals surface area (Å²) in [5.74, 6) is -5.27. The van der Waals surface area contributed by atoms with E-state index in [1.807, 2.05) is 0 Å². The van der Waals surface area contributed by atoms with E-state index in [2.05, 4.69) is 0 Å². The van der Waals surface area contributed by atoms with E-state index in [1.165, 1.54) is 0 Å². The Balaban J connectivity index is 2.81. The van der Waals surface area contributed by atoms with Crippen molar-refractivity contribution in [2.45, 2.75) is 32.5 Å². The second kappa shape index (κ2) is 4.90. The maximum Gasteiger partial charge on any atom is 0.410 e. The molecule has 2 atom stereocenters. The second-order valence-corrected chi connectivity index (χ2v) is 5.48. The molecule has 1 heterocycles. The van der Waals surface area contributed by atoms with Crippen LogP contribution in [-0.2, 0) is 9.53 Å². The summed E-state index contributed by atoms with van der Waals surface area (Å²) in [6, 6.07) is 0. The fourth-order valence-corrected chi connectivity index (χ4v) is 1.86. The maximum absolute atomic E-state index is 12.7. The SMILES string of the molecule is CC(C)(C)OC(=O)N1C[C@H](C(=O)O)[C@@H](C(F)(F)F)C1. The molecule has 1 saturated heterocycles. The van der Waals surface area contributed by atoms with Crippen LogP contribution in [0.15, 0.2) is 0 Å². The fraction of sp³-hybridized carbons (Fsp3) is 0.818. The largest absolute Gasteiger partial charge is 0.481 e. The summed E-state index contributed by atoms with van der Waals surface area (Å²) < 4.78 is 43.0. The number of carbonyl (C=O) groups excluding carboxylic acids is 1. The van der Waals surface area contributed by atoms with Crippen molar-refractivity contribution in [1.29, 1.82) is 0 Å². The lowest BCUT2D eigenvalue weighted by atomic mass is 9.96. The molecule has 0 aromatic heterocycles. The van der Waals surface area contributed by atoms with Crippen LogP contribution in [0, 0.1) is 11.8 Å². The average Bonchev–Trinajstić information content (AvgIpc) is 2.57. The number of carboxylic acids is 1. The highest BCUT2D eigenvalue weighted by molar-refractivity contribution is 5.74. The molecule has 0 bridgehead atoms. The van der Waals surface area contributed by atoms with Gasteiger partial charge in [-0.3, -0.25) is 4.79 Å². The number of hydrogen-bond donors (Lipinski definition) is 1. The molecule has 1 N–H and O–H groups in total. The molecule has 0 saturated carbocycles. The van der Waals surface area contributed by atoms with Gasteiger partial charge in [-0.2, -0.15) is 13.2 Å². The zero-order chi connectivity index (χ0) is 15.0. The first-order chi connectivity index (χ1) is 8.42. The van der Waals surface area contributed by atoms with Gasteiger partial charge in [0.2, 0.25) is 0 Å². The van der Waals surface area contributed by atoms with Gasteiger partial charge in [-0.15, -0.1) is 0 Å². The van der Waals surface area contributed by atoms with E-state index in [1.54, 1.807) is 20.8 Å². The summed E-state index contributed by atoms with van der Waals surface area (Å²) in [6.07, 6.45) is -5.58. The number of halogens is 3. The molecule has 0 radical (unpaired) electrons. The zero-order valence-corrected chi connectivity index (χ0v) is 10.8. The molecule has 1 fully saturated rings. The molecule has 0 aromatic carbocycles. The van der Waals surface area contributed by atoms with E-state index >= 15 is 0 Å². The summed E-state index contributed by atoms with van der Waals surface area (Å²) in [5, 5.41) is 8.80. The van der Waals surface area contributed by atoms with Gasteiger partial charge in [0, 0.05) is 13.1 Å². The van der Waals surface area contributed by atoms with Crippen molar-refractivity contribution in [3.05, 3.63) is 0 Å². The van der Waals surface area contributed by atoms with E-state index in [-0.39, 0.29) is 0 Å². The number of aliphatic carboxylic acids is 1. The van der Waals surface area contributed by atoms with E-state index in [0.717, 1.165) is 4.90 Å². The van der Waals surface area contributed by atoms with Crippen molar-refractivity contribution in [2.24, 2.45) is 11.8 Å². The van der Waals surface area contributed by atoms with Crippen LogP contribution in [0.4, 0.5) is 18.0 Å². The molecule has 1 aliphatic heterocycles. The van der Waals surface area contributed by atoms with Gasteiger partial charge in [0.25, 0.3) is 0 Å². The fourth-order valence-electron chi connectivity index (χ4n) is 1.86. The maximum atomic E-state index is 12.7. The highest BCUT2D eigenvalue weighted by atomic mass is 19.4. The van der Waals surface area contributed by atoms with Crippen molar-refractivity contribution < 1.29 is 32.6 Å². The second-order valence-electron chi connectivity index (χ2n) is 5.48. The predicted octanol–water partition coefficient (Wildman–Crippen LogP) is 2.12. The van der Waals surface area contributed by atoms with Crippen molar-refractivity contribution >= 4 is 12.1 Å². The molecule has 1 rings (SSSR count). The summed E-state index contributed by atoms with van der Waals surface area (Å²) in [7, 11) is 0. The van der Waals surface area contributed by atoms with E-state index in [0.29, 0.717) is 0 Å². The van der Waals surface area contributed by atoms with E-state index < -0.39 is 48.8 Å². The molecule has 0 aromatic rings. The molecule has 5 nitrogen and oxygen atoms in total. The predicted molar refractivity (Wildman–Crippen MR) is 58.5 cm³/mol. The number of hydrogen-bond acceptors (Lipinski definition) is 3. The Bertz CT molecular complexity index is 375. The minimum Gasteiger partial charge on any atom is -0.481 e. The Kier molecular flexibility index (Phi) is 4.02. The lowest BCUT2D eigenvalue weighted by Crippen LogP contribution is -2.36. The standard InChI is InChI=1S/C11H16F3NO4/c1-10(2,3)19-9(18)15-4-6(8(16)17)7(5-15)11(12,13)14/h6-7H,4-5H2,1-3H3,(H,16,17)/t6-,7-/m0/s1. The van der Waals surface area contributed by atoms with Crippen LogP contribution in [0.1, 0.15) is 20.8 Å². The van der Waals surface area contributed by atoms with Gasteiger partial charge in [0.05, 0.1) is 11.8 Å². The summed E-state index contributed by atoms with van der Waals surface area (Å²) >= 11 is 0. The lowest BCUT2D eigenvalue weighted by molar-refractivity contribution is -0.188. The van der Waals surface area contributed by atoms with Crippen molar-refractivity contribution in [3.63, 3.8) is 0 Å². The minimum atomic E-state index is -4.65. The first-order valence-electron chi connectivity index (χ1n) is 5.69. The van der Waals surface area contributed by atoms with Crippen molar-refractivity contribution in [1.82, 2.24) is 4.90 Å². The number of nitrogens with zero attached hydrogens (tertiary/aromatic N) is 1. The highest BCUT2D eigenvalue weighted by Crippen LogP contribution is 2.38. The normalized spacial score (nSPS) is 24.4.